The molecular formula is C15H28N3O4+. The molecular weight excluding hydrogens is 286 g/mol. The standard InChI is InChI=1S/C15H27N3O4/c1-3-7-16-13(19)9-17-14(20)11-18-8-5-6-12(10-18)15(21)22-4-2/h12H,3-11H2,1-2H3,(H,16,19)(H,17,20)/p+1/t12-/m1/s1. The highest BCUT2D eigenvalue weighted by atomic mass is 16.5. The second-order valence-corrected chi connectivity index (χ2v) is 5.60. The first-order valence-corrected chi connectivity index (χ1v) is 8.10. The van der Waals surface area contributed by atoms with Crippen LogP contribution in [0.3, 0.4) is 0 Å². The molecule has 0 aliphatic carbocycles. The Bertz CT molecular complexity index is 387. The molecule has 0 aromatic carbocycles. The van der Waals surface area contributed by atoms with Crippen LogP contribution < -0.4 is 15.5 Å². The van der Waals surface area contributed by atoms with Gasteiger partial charge >= 0.3 is 5.97 Å². The molecule has 126 valence electrons. The van der Waals surface area contributed by atoms with Crippen LogP contribution in [0, 0.1) is 5.92 Å². The summed E-state index contributed by atoms with van der Waals surface area (Å²) in [6, 6.07) is 0. The minimum absolute atomic E-state index is 0.00736. The summed E-state index contributed by atoms with van der Waals surface area (Å²) in [5.41, 5.74) is 0. The van der Waals surface area contributed by atoms with Crippen molar-refractivity contribution < 1.29 is 24.0 Å². The maximum absolute atomic E-state index is 11.9. The van der Waals surface area contributed by atoms with Crippen LogP contribution in [0.15, 0.2) is 0 Å². The van der Waals surface area contributed by atoms with Crippen molar-refractivity contribution in [1.29, 1.82) is 0 Å². The van der Waals surface area contributed by atoms with Crippen molar-refractivity contribution in [3.8, 4) is 0 Å². The molecule has 1 aliphatic rings. The zero-order chi connectivity index (χ0) is 16.4. The number of carbonyl (C=O) groups excluding carboxylic acids is 3. The third kappa shape index (κ3) is 6.89. The van der Waals surface area contributed by atoms with Gasteiger partial charge in [0.25, 0.3) is 5.91 Å². The number of carbonyl (C=O) groups is 3. The van der Waals surface area contributed by atoms with Gasteiger partial charge in [-0.25, -0.2) is 0 Å². The Hall–Kier alpha value is -1.63. The Morgan fingerprint density at radius 1 is 1.18 bits per heavy atom. The van der Waals surface area contributed by atoms with Crippen LogP contribution in [-0.2, 0) is 19.1 Å². The summed E-state index contributed by atoms with van der Waals surface area (Å²) in [7, 11) is 0. The zero-order valence-corrected chi connectivity index (χ0v) is 13.6. The van der Waals surface area contributed by atoms with Crippen LogP contribution >= 0.6 is 0 Å². The van der Waals surface area contributed by atoms with Gasteiger partial charge in [-0.1, -0.05) is 6.92 Å². The molecule has 1 heterocycles. The van der Waals surface area contributed by atoms with Crippen molar-refractivity contribution >= 4 is 17.8 Å². The van der Waals surface area contributed by atoms with Crippen molar-refractivity contribution in [3.63, 3.8) is 0 Å². The molecule has 7 nitrogen and oxygen atoms in total. The maximum atomic E-state index is 11.9. The molecule has 1 aliphatic heterocycles. The number of piperidine rings is 1. The normalized spacial score (nSPS) is 21.0. The van der Waals surface area contributed by atoms with Gasteiger partial charge in [-0.2, -0.15) is 0 Å². The van der Waals surface area contributed by atoms with E-state index in [4.69, 9.17) is 4.74 Å². The number of likely N-dealkylation sites (tertiary alicyclic amines) is 1. The van der Waals surface area contributed by atoms with E-state index in [1.165, 1.54) is 0 Å². The molecule has 1 unspecified atom stereocenters. The topological polar surface area (TPSA) is 88.9 Å². The Morgan fingerprint density at radius 2 is 1.95 bits per heavy atom. The van der Waals surface area contributed by atoms with Crippen molar-refractivity contribution in [3.05, 3.63) is 0 Å². The van der Waals surface area contributed by atoms with Crippen molar-refractivity contribution in [2.75, 3.05) is 39.3 Å². The predicted octanol–water partition coefficient (Wildman–Crippen LogP) is -1.51. The first-order chi connectivity index (χ1) is 10.6. The highest BCUT2D eigenvalue weighted by Gasteiger charge is 2.30. The lowest BCUT2D eigenvalue weighted by atomic mass is 9.98. The van der Waals surface area contributed by atoms with Crippen LogP contribution in [0.2, 0.25) is 0 Å². The van der Waals surface area contributed by atoms with Crippen molar-refractivity contribution in [2.24, 2.45) is 5.92 Å². The molecule has 2 atom stereocenters. The minimum Gasteiger partial charge on any atom is -0.466 e. The first kappa shape index (κ1) is 18.4. The van der Waals surface area contributed by atoms with E-state index in [0.29, 0.717) is 19.7 Å². The molecule has 3 N–H and O–H groups in total. The lowest BCUT2D eigenvalue weighted by molar-refractivity contribution is -0.899. The van der Waals surface area contributed by atoms with Gasteiger partial charge in [0.2, 0.25) is 5.91 Å². The van der Waals surface area contributed by atoms with Crippen molar-refractivity contribution in [2.45, 2.75) is 33.1 Å². The second kappa shape index (κ2) is 10.2. The van der Waals surface area contributed by atoms with Crippen LogP contribution in [0.5, 0.6) is 0 Å². The molecule has 0 aromatic rings. The molecule has 0 saturated carbocycles. The fourth-order valence-electron chi connectivity index (χ4n) is 2.57. The quantitative estimate of drug-likeness (QED) is 0.475. The molecule has 7 heteroatoms. The Kier molecular flexibility index (Phi) is 8.50. The predicted molar refractivity (Wildman–Crippen MR) is 81.2 cm³/mol. The van der Waals surface area contributed by atoms with Gasteiger partial charge in [0, 0.05) is 6.54 Å². The van der Waals surface area contributed by atoms with Crippen LogP contribution in [0.4, 0.5) is 0 Å². The van der Waals surface area contributed by atoms with Gasteiger partial charge in [0.15, 0.2) is 6.54 Å². The van der Waals surface area contributed by atoms with Crippen molar-refractivity contribution in [1.82, 2.24) is 10.6 Å². The van der Waals surface area contributed by atoms with Gasteiger partial charge in [-0.15, -0.1) is 0 Å². The van der Waals surface area contributed by atoms with E-state index < -0.39 is 0 Å². The second-order valence-electron chi connectivity index (χ2n) is 5.60. The van der Waals surface area contributed by atoms with Crippen LogP contribution in [0.25, 0.3) is 0 Å². The summed E-state index contributed by atoms with van der Waals surface area (Å²) in [4.78, 5) is 36.1. The zero-order valence-electron chi connectivity index (χ0n) is 13.6. The molecule has 2 amide bonds. The highest BCUT2D eigenvalue weighted by molar-refractivity contribution is 5.85. The van der Waals surface area contributed by atoms with Gasteiger partial charge in [0.05, 0.1) is 26.2 Å². The van der Waals surface area contributed by atoms with E-state index in [1.54, 1.807) is 6.92 Å². The summed E-state index contributed by atoms with van der Waals surface area (Å²) in [6.45, 7) is 6.55. The Balaban J connectivity index is 2.28. The number of rotatable bonds is 8. The molecule has 1 rings (SSSR count). The lowest BCUT2D eigenvalue weighted by Gasteiger charge is -2.28. The van der Waals surface area contributed by atoms with E-state index >= 15 is 0 Å². The van der Waals surface area contributed by atoms with Gasteiger partial charge in [0.1, 0.15) is 5.92 Å². The first-order valence-electron chi connectivity index (χ1n) is 8.10. The molecule has 22 heavy (non-hydrogen) atoms. The fourth-order valence-corrected chi connectivity index (χ4v) is 2.57. The molecule has 0 radical (unpaired) electrons. The highest BCUT2D eigenvalue weighted by Crippen LogP contribution is 2.09. The summed E-state index contributed by atoms with van der Waals surface area (Å²) in [5, 5.41) is 5.33. The number of hydrogen-bond donors (Lipinski definition) is 3. The van der Waals surface area contributed by atoms with Crippen LogP contribution in [0.1, 0.15) is 33.1 Å². The molecule has 0 aromatic heterocycles. The van der Waals surface area contributed by atoms with Crippen LogP contribution in [-0.4, -0.2) is 57.1 Å². The van der Waals surface area contributed by atoms with E-state index in [9.17, 15) is 14.4 Å². The molecule has 0 spiro atoms. The van der Waals surface area contributed by atoms with E-state index in [0.717, 1.165) is 30.7 Å². The fraction of sp³-hybridized carbons (Fsp3) is 0.800. The number of esters is 1. The van der Waals surface area contributed by atoms with E-state index in [1.807, 2.05) is 6.92 Å². The maximum Gasteiger partial charge on any atom is 0.314 e. The lowest BCUT2D eigenvalue weighted by Crippen LogP contribution is -3.14. The number of nitrogens with one attached hydrogen (secondary N) is 3. The van der Waals surface area contributed by atoms with E-state index in [2.05, 4.69) is 10.6 Å². The van der Waals surface area contributed by atoms with Gasteiger partial charge in [-0.3, -0.25) is 14.4 Å². The largest absolute Gasteiger partial charge is 0.466 e. The third-order valence-corrected chi connectivity index (χ3v) is 3.67. The third-order valence-electron chi connectivity index (χ3n) is 3.67. The summed E-state index contributed by atoms with van der Waals surface area (Å²) in [5.74, 6) is -0.622. The SMILES string of the molecule is CCCNC(=O)CNC(=O)C[NH+]1CCC[C@@H](C(=O)OCC)C1. The number of hydrogen-bond acceptors (Lipinski definition) is 4. The summed E-state index contributed by atoms with van der Waals surface area (Å²) >= 11 is 0. The Labute approximate surface area is 131 Å². The molecule has 1 fully saturated rings. The number of quaternary nitrogens is 1. The van der Waals surface area contributed by atoms with Gasteiger partial charge < -0.3 is 20.3 Å². The average Bonchev–Trinajstić information content (AvgIpc) is 2.51. The summed E-state index contributed by atoms with van der Waals surface area (Å²) in [6.07, 6.45) is 2.60. The monoisotopic (exact) mass is 314 g/mol. The number of ether oxygens (including phenoxy) is 1. The Morgan fingerprint density at radius 3 is 2.64 bits per heavy atom. The molecule has 0 bridgehead atoms. The number of amides is 2. The smallest absolute Gasteiger partial charge is 0.314 e. The molecule has 1 saturated heterocycles. The van der Waals surface area contributed by atoms with Gasteiger partial charge in [-0.05, 0) is 26.2 Å². The van der Waals surface area contributed by atoms with E-state index in [-0.39, 0.29) is 36.8 Å². The summed E-state index contributed by atoms with van der Waals surface area (Å²) < 4.78 is 5.05. The average molecular weight is 314 g/mol. The minimum atomic E-state index is -0.173.